The van der Waals surface area contributed by atoms with E-state index in [0.717, 1.165) is 38.7 Å². The summed E-state index contributed by atoms with van der Waals surface area (Å²) in [5, 5.41) is 28.0. The van der Waals surface area contributed by atoms with Crippen LogP contribution in [0, 0.1) is 29.1 Å². The number of piperazine rings is 3. The van der Waals surface area contributed by atoms with Crippen LogP contribution in [-0.2, 0) is 102 Å². The van der Waals surface area contributed by atoms with Gasteiger partial charge in [-0.15, -0.1) is 0 Å². The van der Waals surface area contributed by atoms with Gasteiger partial charge >= 0.3 is 48.8 Å². The van der Waals surface area contributed by atoms with Crippen molar-refractivity contribution in [3.63, 3.8) is 0 Å². The molecule has 7 aliphatic rings. The minimum atomic E-state index is -4.11. The Bertz CT molecular complexity index is 5510. The number of rotatable bonds is 21. The third kappa shape index (κ3) is 33.6. The maximum Gasteiger partial charge on any atom is 0.424 e. The van der Waals surface area contributed by atoms with Gasteiger partial charge in [0.25, 0.3) is 10.2 Å². The summed E-state index contributed by atoms with van der Waals surface area (Å²) in [6.07, 6.45) is 1.78. The van der Waals surface area contributed by atoms with Gasteiger partial charge in [0.05, 0.1) is 26.3 Å². The molecule has 138 heavy (non-hydrogen) atoms. The fourth-order valence-electron chi connectivity index (χ4n) is 15.5. The maximum absolute atomic E-state index is 15.0. The van der Waals surface area contributed by atoms with Crippen LogP contribution in [0.3, 0.4) is 0 Å². The Kier molecular flexibility index (Phi) is 45.6. The number of para-hydroxylation sites is 1. The second-order valence-corrected chi connectivity index (χ2v) is 43.2. The Morgan fingerprint density at radius 3 is 1.07 bits per heavy atom. The summed E-state index contributed by atoms with van der Waals surface area (Å²) < 4.78 is 194. The molecule has 7 unspecified atom stereocenters. The molecule has 47 heteroatoms. The van der Waals surface area contributed by atoms with E-state index in [-0.39, 0.29) is 136 Å². The number of carboxylic acids is 1. The van der Waals surface area contributed by atoms with Crippen molar-refractivity contribution in [3.8, 4) is 0 Å². The molecule has 36 nitrogen and oxygen atoms in total. The largest absolute Gasteiger partial charge is 0.481 e. The number of aliphatic carboxylic acids is 1. The topological polar surface area (TPSA) is 436 Å². The van der Waals surface area contributed by atoms with Crippen LogP contribution in [0.15, 0.2) is 130 Å². The minimum absolute atomic E-state index is 0.0146. The molecule has 7 fully saturated rings. The Labute approximate surface area is 824 Å². The summed E-state index contributed by atoms with van der Waals surface area (Å²) in [5.74, 6) is -2.78. The van der Waals surface area contributed by atoms with Crippen molar-refractivity contribution in [1.82, 2.24) is 50.6 Å². The number of amides is 5. The lowest BCUT2D eigenvalue weighted by molar-refractivity contribution is -0.137. The number of carbonyl (C=O) groups excluding carboxylic acids is 5. The second-order valence-electron chi connectivity index (χ2n) is 34.3. The summed E-state index contributed by atoms with van der Waals surface area (Å²) in [4.78, 5) is 78.9. The van der Waals surface area contributed by atoms with Gasteiger partial charge in [0.15, 0.2) is 0 Å². The number of aliphatic hydroxyl groups is 2. The smallest absolute Gasteiger partial charge is 0.424 e. The maximum atomic E-state index is 15.0. The lowest BCUT2D eigenvalue weighted by Gasteiger charge is -2.40. The van der Waals surface area contributed by atoms with E-state index in [4.69, 9.17) is 26.8 Å². The van der Waals surface area contributed by atoms with Crippen molar-refractivity contribution in [1.29, 1.82) is 0 Å². The van der Waals surface area contributed by atoms with Gasteiger partial charge in [-0.3, -0.25) is 23.5 Å². The first-order valence-corrected chi connectivity index (χ1v) is 52.5. The van der Waals surface area contributed by atoms with Gasteiger partial charge in [-0.05, 0) is 160 Å². The third-order valence-electron chi connectivity index (χ3n) is 23.9. The number of halogens is 7. The zero-order chi connectivity index (χ0) is 102. The highest BCUT2D eigenvalue weighted by molar-refractivity contribution is 9.10. The van der Waals surface area contributed by atoms with E-state index in [1.165, 1.54) is 56.2 Å². The average molecular weight is 2150 g/mol. The van der Waals surface area contributed by atoms with Crippen LogP contribution >= 0.6 is 31.9 Å². The molecular formula is C91H132Br2F5N17O19S4. The number of nitrogens with zero attached hydrogens (tertiary/aromatic N) is 13. The standard InChI is InChI=1S/C23H29FN4O3S.C19H27FN4O5S.C17H25FN4O3S.C13H16BrFN2O4S.C11H15BrFNO.C4H9NO2.C4H11NO/c1-18-10-11-27(21-6-4-3-5-7-21)32(30,31)28(18)17-20-8-9-22(16-23(20)24)26-14-12-25(13-15-26)19(2)29;1-14-6-7-23(19(26)29-3)30(27,28)24(14)13-16-4-5-17(12-18(16)20)22-10-8-21(9-11-22)15(2)25;1-13-5-6-19-26(24,25)22(13)12-15-3-4-16(11-17(15)18)21-9-7-20(8-10-21)14(2)23;1-9-5-6-16(13(18)21-2)22(19,20)17(9)8-10-3-4-11(14)7-12(10)15;1-8(4-5-15)14-7-9-2-3-10(12)6-11(9)13;1-3(5)2-4(6)7;1-4(5)2-3-6/h3-9,16,18H,10-15,17H2,1-2H3;4-5,12,14H,6-11,13H2,1-3H3;3-4,11,13,19H,5-10,12H2,1-2H3;3-4,7,9H,5-6,8H2,1-2H3;2-3,6,8,14-15H,4-5,7H2,1H3;3H,2,5H2,1H3,(H,6,7);4,6H,2-3,5H2,1H3. The van der Waals surface area contributed by atoms with Crippen LogP contribution in [0.25, 0.3) is 0 Å². The quantitative estimate of drug-likeness (QED) is 0.0329. The molecule has 0 radical (unpaired) electrons. The van der Waals surface area contributed by atoms with Gasteiger partial charge < -0.3 is 71.0 Å². The van der Waals surface area contributed by atoms with Crippen LogP contribution in [0.1, 0.15) is 142 Å². The fourth-order valence-corrected chi connectivity index (χ4v) is 22.8. The molecule has 5 amide bonds. The van der Waals surface area contributed by atoms with E-state index in [2.05, 4.69) is 51.4 Å². The number of hydrogen-bond acceptors (Lipinski definition) is 24. The number of carbonyl (C=O) groups is 6. The van der Waals surface area contributed by atoms with Gasteiger partial charge in [0.1, 0.15) is 29.1 Å². The van der Waals surface area contributed by atoms with Crippen molar-refractivity contribution in [2.75, 3.05) is 151 Å². The number of nitrogens with two attached hydrogens (primary N) is 2. The summed E-state index contributed by atoms with van der Waals surface area (Å²) in [5.41, 5.74) is 15.0. The van der Waals surface area contributed by atoms with Gasteiger partial charge in [-0.1, -0.05) is 80.4 Å². The number of methoxy groups -OCH3 is 2. The number of nitrogens with one attached hydrogen (secondary N) is 2. The van der Waals surface area contributed by atoms with Crippen molar-refractivity contribution in [2.24, 2.45) is 11.5 Å². The first-order valence-electron chi connectivity index (χ1n) is 45.3. The Hall–Kier alpha value is -9.05. The molecule has 6 aromatic rings. The molecule has 6 aromatic carbocycles. The molecule has 7 aliphatic heterocycles. The zero-order valence-corrected chi connectivity index (χ0v) is 86.4. The van der Waals surface area contributed by atoms with Crippen molar-refractivity contribution < 1.29 is 109 Å². The first-order chi connectivity index (χ1) is 65.0. The molecule has 7 heterocycles. The molecule has 9 N–H and O–H groups in total. The lowest BCUT2D eigenvalue weighted by Crippen LogP contribution is -2.55. The monoisotopic (exact) mass is 2150 g/mol. The van der Waals surface area contributed by atoms with Crippen LogP contribution in [-0.4, -0.2) is 300 Å². The number of aliphatic hydroxyl groups excluding tert-OH is 2. The minimum Gasteiger partial charge on any atom is -0.481 e. The summed E-state index contributed by atoms with van der Waals surface area (Å²) >= 11 is 6.36. The van der Waals surface area contributed by atoms with Crippen molar-refractivity contribution in [2.45, 2.75) is 189 Å². The van der Waals surface area contributed by atoms with Gasteiger partial charge in [-0.2, -0.15) is 59.5 Å². The van der Waals surface area contributed by atoms with E-state index in [1.54, 1.807) is 97.8 Å². The van der Waals surface area contributed by atoms with Gasteiger partial charge in [0.2, 0.25) is 17.7 Å². The average Bonchev–Trinajstić information content (AvgIpc) is 0.781. The molecular weight excluding hydrogens is 2020 g/mol. The third-order valence-corrected chi connectivity index (χ3v) is 32.5. The number of hydrogen-bond donors (Lipinski definition) is 7. The zero-order valence-electron chi connectivity index (χ0n) is 79.9. The summed E-state index contributed by atoms with van der Waals surface area (Å²) in [7, 11) is -13.2. The number of benzene rings is 6. The predicted molar refractivity (Wildman–Crippen MR) is 524 cm³/mol. The first kappa shape index (κ1) is 116. The highest BCUT2D eigenvalue weighted by atomic mass is 79.9. The molecule has 13 rings (SSSR count). The van der Waals surface area contributed by atoms with E-state index in [0.29, 0.717) is 178 Å². The summed E-state index contributed by atoms with van der Waals surface area (Å²) in [6, 6.07) is 32.0. The van der Waals surface area contributed by atoms with Crippen LogP contribution in [0.2, 0.25) is 0 Å². The van der Waals surface area contributed by atoms with E-state index in [1.807, 2.05) is 78.8 Å². The van der Waals surface area contributed by atoms with Gasteiger partial charge in [-0.25, -0.2) is 36.3 Å². The molecule has 0 spiro atoms. The molecule has 0 aromatic heterocycles. The fraction of sp³-hybridized carbons (Fsp3) is 0.538. The molecule has 0 aliphatic carbocycles. The van der Waals surface area contributed by atoms with Crippen molar-refractivity contribution >= 4 is 131 Å². The van der Waals surface area contributed by atoms with Gasteiger partial charge in [0, 0.05) is 268 Å². The van der Waals surface area contributed by atoms with Crippen LogP contribution in [0.5, 0.6) is 0 Å². The predicted octanol–water partition coefficient (Wildman–Crippen LogP) is 9.63. The SMILES string of the molecule is CC(=O)N1CCN(c2ccc(CN3C(C)CCN(c4ccccc4)S3(=O)=O)c(F)c2)CC1.CC(=O)N1CCN(c2ccc(CN3C(C)CCNS3(=O)=O)c(F)c2)CC1.CC(CCO)NCc1ccc(Br)cc1F.CC(N)CC(=O)O.CC(N)CCO.COC(=O)N1CCC(C)N(Cc2ccc(Br)cc2F)S1(=O)=O.COC(=O)N1CCC(C)N(Cc2ccc(N3CCN(C(C)=O)CC3)cc2F)S1(=O)=O. The highest BCUT2D eigenvalue weighted by Crippen LogP contribution is 2.35. The number of ether oxygens (including phenoxy) is 2. The van der Waals surface area contributed by atoms with Crippen molar-refractivity contribution in [3.05, 3.63) is 187 Å². The highest BCUT2D eigenvalue weighted by Gasteiger charge is 2.45. The Morgan fingerprint density at radius 2 is 0.768 bits per heavy atom. The summed E-state index contributed by atoms with van der Waals surface area (Å²) in [6.45, 7) is 26.1. The molecule has 0 bridgehead atoms. The van der Waals surface area contributed by atoms with E-state index < -0.39 is 82.3 Å². The van der Waals surface area contributed by atoms with E-state index in [9.17, 15) is 80.0 Å². The lowest BCUT2D eigenvalue weighted by atomic mass is 10.1. The number of carboxylic acid groups (broad SMARTS) is 1. The van der Waals surface area contributed by atoms with E-state index >= 15 is 4.39 Å². The molecule has 768 valence electrons. The Balaban J connectivity index is 0.000000230. The molecule has 7 saturated heterocycles. The molecule has 0 saturated carbocycles. The number of anilines is 4. The Morgan fingerprint density at radius 1 is 0.435 bits per heavy atom. The molecule has 7 atom stereocenters. The second kappa shape index (κ2) is 54.3. The van der Waals surface area contributed by atoms with Crippen LogP contribution < -0.4 is 40.5 Å². The normalized spacial score (nSPS) is 20.5. The van der Waals surface area contributed by atoms with Crippen LogP contribution in [0.4, 0.5) is 54.3 Å².